The molecule has 0 saturated carbocycles. The summed E-state index contributed by atoms with van der Waals surface area (Å²) in [7, 11) is -3.81. The molecular weight excluding hydrogens is 470 g/mol. The Morgan fingerprint density at radius 3 is 2.06 bits per heavy atom. The fraction of sp³-hybridized carbons (Fsp3) is 0.318. The number of hydrogen-bond donors (Lipinski definition) is 2. The summed E-state index contributed by atoms with van der Waals surface area (Å²) in [6.07, 6.45) is -1.19. The molecule has 0 aromatic heterocycles. The molecule has 33 heavy (non-hydrogen) atoms. The molecule has 2 aromatic rings. The molecule has 0 heterocycles. The van der Waals surface area contributed by atoms with Gasteiger partial charge in [-0.05, 0) is 49.4 Å². The number of amides is 2. The van der Waals surface area contributed by atoms with Crippen molar-refractivity contribution in [3.8, 4) is 0 Å². The van der Waals surface area contributed by atoms with Crippen LogP contribution in [-0.2, 0) is 24.3 Å². The second-order valence-corrected chi connectivity index (χ2v) is 9.37. The molecule has 2 aromatic carbocycles. The van der Waals surface area contributed by atoms with Crippen LogP contribution >= 0.6 is 11.6 Å². The number of carbonyl (C=O) groups is 3. The fourth-order valence-corrected chi connectivity index (χ4v) is 4.57. The topological polar surface area (TPSA) is 122 Å². The zero-order valence-electron chi connectivity index (χ0n) is 18.7. The minimum absolute atomic E-state index is 0.000310. The molecule has 2 amide bonds. The lowest BCUT2D eigenvalue weighted by Crippen LogP contribution is -2.31. The van der Waals surface area contributed by atoms with E-state index in [1.165, 1.54) is 30.3 Å². The van der Waals surface area contributed by atoms with Crippen molar-refractivity contribution in [3.05, 3.63) is 53.1 Å². The van der Waals surface area contributed by atoms with Crippen LogP contribution in [0.1, 0.15) is 38.1 Å². The summed E-state index contributed by atoms with van der Waals surface area (Å²) >= 11 is 6.09. The van der Waals surface area contributed by atoms with Crippen molar-refractivity contribution in [1.82, 2.24) is 4.31 Å². The van der Waals surface area contributed by atoms with Crippen LogP contribution in [0.15, 0.2) is 47.4 Å². The van der Waals surface area contributed by atoms with Crippen LogP contribution in [0.3, 0.4) is 0 Å². The lowest BCUT2D eigenvalue weighted by Gasteiger charge is -2.19. The highest BCUT2D eigenvalue weighted by atomic mass is 35.5. The summed E-state index contributed by atoms with van der Waals surface area (Å²) in [5, 5.41) is 5.20. The molecule has 1 atom stereocenters. The van der Waals surface area contributed by atoms with E-state index in [9.17, 15) is 22.8 Å². The fourth-order valence-electron chi connectivity index (χ4n) is 2.90. The van der Waals surface area contributed by atoms with Crippen LogP contribution in [0.5, 0.6) is 0 Å². The van der Waals surface area contributed by atoms with E-state index in [0.29, 0.717) is 11.4 Å². The number of benzene rings is 2. The molecule has 0 aliphatic heterocycles. The molecule has 0 radical (unpaired) electrons. The van der Waals surface area contributed by atoms with Crippen molar-refractivity contribution in [2.75, 3.05) is 23.7 Å². The third kappa shape index (κ3) is 6.77. The van der Waals surface area contributed by atoms with Crippen LogP contribution in [0, 0.1) is 0 Å². The molecule has 0 aliphatic rings. The number of nitrogens with zero attached hydrogens (tertiary/aromatic N) is 1. The van der Waals surface area contributed by atoms with Gasteiger partial charge < -0.3 is 15.4 Å². The number of nitrogens with one attached hydrogen (secondary N) is 2. The highest BCUT2D eigenvalue weighted by Crippen LogP contribution is 2.24. The Kier molecular flexibility index (Phi) is 8.98. The first-order valence-electron chi connectivity index (χ1n) is 10.2. The summed E-state index contributed by atoms with van der Waals surface area (Å²) in [6, 6.07) is 10.1. The minimum atomic E-state index is -3.81. The molecule has 2 N–H and O–H groups in total. The first kappa shape index (κ1) is 26.3. The Bertz CT molecular complexity index is 1130. The number of anilines is 2. The van der Waals surface area contributed by atoms with E-state index in [1.54, 1.807) is 38.1 Å². The lowest BCUT2D eigenvalue weighted by atomic mass is 10.2. The van der Waals surface area contributed by atoms with E-state index >= 15 is 0 Å². The molecule has 9 nitrogen and oxygen atoms in total. The van der Waals surface area contributed by atoms with Crippen LogP contribution in [0.4, 0.5) is 11.4 Å². The largest absolute Gasteiger partial charge is 0.449 e. The highest BCUT2D eigenvalue weighted by Gasteiger charge is 2.26. The van der Waals surface area contributed by atoms with Gasteiger partial charge in [-0.2, -0.15) is 4.31 Å². The van der Waals surface area contributed by atoms with Gasteiger partial charge in [-0.3, -0.25) is 9.59 Å². The Morgan fingerprint density at radius 1 is 1.00 bits per heavy atom. The molecule has 0 bridgehead atoms. The maximum atomic E-state index is 12.7. The van der Waals surface area contributed by atoms with Gasteiger partial charge in [0, 0.05) is 31.4 Å². The average Bonchev–Trinajstić information content (AvgIpc) is 2.75. The van der Waals surface area contributed by atoms with Crippen molar-refractivity contribution >= 4 is 50.8 Å². The van der Waals surface area contributed by atoms with Crippen molar-refractivity contribution < 1.29 is 27.5 Å². The standard InChI is InChI=1S/C22H26ClN3O6S/c1-5-26(6-2)33(30,31)18-11-12-20(23)19(13-18)22(29)32-14(3)21(28)25-17-9-7-16(8-10-17)24-15(4)27/h7-14H,5-6H2,1-4H3,(H,24,27)(H,25,28)/t14-/m0/s1. The van der Waals surface area contributed by atoms with Crippen LogP contribution < -0.4 is 10.6 Å². The first-order valence-corrected chi connectivity index (χ1v) is 12.0. The van der Waals surface area contributed by atoms with Gasteiger partial charge >= 0.3 is 5.97 Å². The summed E-state index contributed by atoms with van der Waals surface area (Å²) < 4.78 is 31.9. The smallest absolute Gasteiger partial charge is 0.340 e. The van der Waals surface area contributed by atoms with Crippen LogP contribution in [0.25, 0.3) is 0 Å². The van der Waals surface area contributed by atoms with Crippen LogP contribution in [-0.4, -0.2) is 49.7 Å². The third-order valence-corrected chi connectivity index (χ3v) is 7.00. The van der Waals surface area contributed by atoms with Gasteiger partial charge in [0.1, 0.15) is 0 Å². The van der Waals surface area contributed by atoms with E-state index in [4.69, 9.17) is 16.3 Å². The zero-order chi connectivity index (χ0) is 24.8. The quantitative estimate of drug-likeness (QED) is 0.513. The number of carbonyl (C=O) groups excluding carboxylic acids is 3. The summed E-state index contributed by atoms with van der Waals surface area (Å²) in [5.74, 6) is -1.75. The van der Waals surface area contributed by atoms with Crippen molar-refractivity contribution in [2.24, 2.45) is 0 Å². The number of ether oxygens (including phenoxy) is 1. The van der Waals surface area contributed by atoms with Gasteiger partial charge in [0.05, 0.1) is 15.5 Å². The van der Waals surface area contributed by atoms with E-state index in [-0.39, 0.29) is 34.5 Å². The Labute approximate surface area is 198 Å². The molecule has 0 fully saturated rings. The van der Waals surface area contributed by atoms with E-state index in [1.807, 2.05) is 0 Å². The lowest BCUT2D eigenvalue weighted by molar-refractivity contribution is -0.123. The number of sulfonamides is 1. The number of halogens is 1. The molecule has 0 saturated heterocycles. The molecule has 11 heteroatoms. The number of esters is 1. The van der Waals surface area contributed by atoms with Gasteiger partial charge in [-0.25, -0.2) is 13.2 Å². The van der Waals surface area contributed by atoms with Gasteiger partial charge in [0.25, 0.3) is 5.91 Å². The molecule has 2 rings (SSSR count). The minimum Gasteiger partial charge on any atom is -0.449 e. The SMILES string of the molecule is CCN(CC)S(=O)(=O)c1ccc(Cl)c(C(=O)O[C@@H](C)C(=O)Nc2ccc(NC(C)=O)cc2)c1. The zero-order valence-corrected chi connectivity index (χ0v) is 20.3. The van der Waals surface area contributed by atoms with Crippen LogP contribution in [0.2, 0.25) is 5.02 Å². The Morgan fingerprint density at radius 2 is 1.55 bits per heavy atom. The molecule has 0 unspecified atom stereocenters. The van der Waals surface area contributed by atoms with E-state index in [0.717, 1.165) is 6.07 Å². The predicted molar refractivity (Wildman–Crippen MR) is 126 cm³/mol. The first-order chi connectivity index (χ1) is 15.5. The van der Waals surface area contributed by atoms with E-state index < -0.39 is 28.0 Å². The van der Waals surface area contributed by atoms with Gasteiger partial charge in [-0.15, -0.1) is 0 Å². The molecular formula is C22H26ClN3O6S. The van der Waals surface area contributed by atoms with Gasteiger partial charge in [-0.1, -0.05) is 25.4 Å². The highest BCUT2D eigenvalue weighted by molar-refractivity contribution is 7.89. The second-order valence-electron chi connectivity index (χ2n) is 7.03. The number of hydrogen-bond acceptors (Lipinski definition) is 6. The van der Waals surface area contributed by atoms with Crippen molar-refractivity contribution in [3.63, 3.8) is 0 Å². The van der Waals surface area contributed by atoms with Gasteiger partial charge in [0.15, 0.2) is 6.10 Å². The summed E-state index contributed by atoms with van der Waals surface area (Å²) in [4.78, 5) is 36.0. The maximum Gasteiger partial charge on any atom is 0.340 e. The average molecular weight is 496 g/mol. The maximum absolute atomic E-state index is 12.7. The summed E-state index contributed by atoms with van der Waals surface area (Å²) in [5.41, 5.74) is 0.834. The summed E-state index contributed by atoms with van der Waals surface area (Å²) in [6.45, 7) is 6.71. The monoisotopic (exact) mass is 495 g/mol. The predicted octanol–water partition coefficient (Wildman–Crippen LogP) is 3.51. The van der Waals surface area contributed by atoms with Gasteiger partial charge in [0.2, 0.25) is 15.9 Å². The second kappa shape index (κ2) is 11.3. The third-order valence-electron chi connectivity index (χ3n) is 4.63. The Hall–Kier alpha value is -2.95. The number of rotatable bonds is 9. The Balaban J connectivity index is 2.12. The van der Waals surface area contributed by atoms with Crippen molar-refractivity contribution in [2.45, 2.75) is 38.7 Å². The van der Waals surface area contributed by atoms with Crippen molar-refractivity contribution in [1.29, 1.82) is 0 Å². The van der Waals surface area contributed by atoms with E-state index in [2.05, 4.69) is 10.6 Å². The molecule has 178 valence electrons. The molecule has 0 aliphatic carbocycles. The molecule has 0 spiro atoms. The normalized spacial score (nSPS) is 12.2.